The van der Waals surface area contributed by atoms with Crippen molar-refractivity contribution >= 4 is 12.4 Å². The lowest BCUT2D eigenvalue weighted by Crippen LogP contribution is -2.13. The first-order valence-corrected chi connectivity index (χ1v) is 6.72. The molecule has 6 heteroatoms. The molecule has 0 aliphatic carbocycles. The summed E-state index contributed by atoms with van der Waals surface area (Å²) < 4.78 is 3.87. The van der Waals surface area contributed by atoms with E-state index in [1.807, 2.05) is 23.3 Å². The van der Waals surface area contributed by atoms with Gasteiger partial charge in [-0.25, -0.2) is 0 Å². The van der Waals surface area contributed by atoms with E-state index in [-0.39, 0.29) is 12.4 Å². The van der Waals surface area contributed by atoms with Crippen LogP contribution in [0, 0.1) is 13.8 Å². The second-order valence-corrected chi connectivity index (χ2v) is 5.33. The van der Waals surface area contributed by atoms with Crippen LogP contribution in [-0.2, 0) is 20.1 Å². The molecule has 0 aromatic carbocycles. The van der Waals surface area contributed by atoms with Crippen LogP contribution < -0.4 is 5.32 Å². The summed E-state index contributed by atoms with van der Waals surface area (Å²) in [7, 11) is 1.95. The van der Waals surface area contributed by atoms with Crippen LogP contribution in [0.2, 0.25) is 0 Å². The Hall–Kier alpha value is -1.33. The molecular weight excluding hydrogens is 274 g/mol. The van der Waals surface area contributed by atoms with E-state index in [1.54, 1.807) is 0 Å². The summed E-state index contributed by atoms with van der Waals surface area (Å²) in [5.41, 5.74) is 4.69. The third-order valence-corrected chi connectivity index (χ3v) is 3.29. The van der Waals surface area contributed by atoms with Crippen molar-refractivity contribution in [2.45, 2.75) is 46.8 Å². The minimum absolute atomic E-state index is 0. The van der Waals surface area contributed by atoms with Gasteiger partial charge in [0.15, 0.2) is 0 Å². The molecule has 0 unspecified atom stereocenters. The number of rotatable bonds is 5. The molecule has 2 aromatic heterocycles. The Morgan fingerprint density at radius 2 is 1.60 bits per heavy atom. The van der Waals surface area contributed by atoms with Crippen LogP contribution in [0.15, 0.2) is 12.4 Å². The standard InChI is InChI=1S/C14H23N5.ClH/c1-10(2)19-9-14(12(4)17-19)7-15-6-13-8-18(5)16-11(13)3;/h8-10,15H,6-7H2,1-5H3;1H. The van der Waals surface area contributed by atoms with Gasteiger partial charge in [-0.3, -0.25) is 9.36 Å². The molecular formula is C14H24ClN5. The van der Waals surface area contributed by atoms with Crippen LogP contribution in [0.5, 0.6) is 0 Å². The molecule has 0 bridgehead atoms. The van der Waals surface area contributed by atoms with Crippen molar-refractivity contribution in [3.63, 3.8) is 0 Å². The molecule has 0 aliphatic rings. The smallest absolute Gasteiger partial charge is 0.0638 e. The molecule has 1 N–H and O–H groups in total. The number of hydrogen-bond acceptors (Lipinski definition) is 3. The molecule has 0 spiro atoms. The normalized spacial score (nSPS) is 10.9. The number of aromatic nitrogens is 4. The second kappa shape index (κ2) is 6.90. The molecule has 0 amide bonds. The van der Waals surface area contributed by atoms with E-state index < -0.39 is 0 Å². The largest absolute Gasteiger partial charge is 0.308 e. The summed E-state index contributed by atoms with van der Waals surface area (Å²) in [5, 5.41) is 12.3. The van der Waals surface area contributed by atoms with E-state index in [0.29, 0.717) is 6.04 Å². The highest BCUT2D eigenvalue weighted by molar-refractivity contribution is 5.85. The third-order valence-electron chi connectivity index (χ3n) is 3.29. The van der Waals surface area contributed by atoms with E-state index in [0.717, 1.165) is 24.5 Å². The van der Waals surface area contributed by atoms with Gasteiger partial charge in [-0.2, -0.15) is 10.2 Å². The Bertz CT molecular complexity index is 556. The van der Waals surface area contributed by atoms with Crippen LogP contribution >= 0.6 is 12.4 Å². The predicted molar refractivity (Wildman–Crippen MR) is 83.1 cm³/mol. The predicted octanol–water partition coefficient (Wildman–Crippen LogP) is 2.53. The summed E-state index contributed by atoms with van der Waals surface area (Å²) in [6, 6.07) is 0.410. The zero-order chi connectivity index (χ0) is 14.0. The summed E-state index contributed by atoms with van der Waals surface area (Å²) in [4.78, 5) is 0. The maximum Gasteiger partial charge on any atom is 0.0638 e. The van der Waals surface area contributed by atoms with Crippen molar-refractivity contribution in [1.82, 2.24) is 24.9 Å². The zero-order valence-electron chi connectivity index (χ0n) is 12.8. The Morgan fingerprint density at radius 3 is 2.05 bits per heavy atom. The highest BCUT2D eigenvalue weighted by Crippen LogP contribution is 2.11. The minimum Gasteiger partial charge on any atom is -0.308 e. The topological polar surface area (TPSA) is 47.7 Å². The Morgan fingerprint density at radius 1 is 1.05 bits per heavy atom. The van der Waals surface area contributed by atoms with Gasteiger partial charge < -0.3 is 5.32 Å². The molecule has 0 saturated carbocycles. The summed E-state index contributed by atoms with van der Waals surface area (Å²) in [5.74, 6) is 0. The zero-order valence-corrected chi connectivity index (χ0v) is 13.7. The average molecular weight is 298 g/mol. The Kier molecular flexibility index (Phi) is 5.77. The fourth-order valence-corrected chi connectivity index (χ4v) is 2.11. The number of nitrogens with one attached hydrogen (secondary N) is 1. The van der Waals surface area contributed by atoms with Crippen molar-refractivity contribution in [1.29, 1.82) is 0 Å². The first kappa shape index (κ1) is 16.7. The van der Waals surface area contributed by atoms with Gasteiger partial charge in [-0.1, -0.05) is 0 Å². The minimum atomic E-state index is 0. The third kappa shape index (κ3) is 3.84. The van der Waals surface area contributed by atoms with Gasteiger partial charge >= 0.3 is 0 Å². The highest BCUT2D eigenvalue weighted by Gasteiger charge is 2.07. The van der Waals surface area contributed by atoms with E-state index in [4.69, 9.17) is 0 Å². The molecule has 0 aliphatic heterocycles. The highest BCUT2D eigenvalue weighted by atomic mass is 35.5. The van der Waals surface area contributed by atoms with Gasteiger partial charge in [0.05, 0.1) is 11.4 Å². The first-order valence-electron chi connectivity index (χ1n) is 6.72. The lowest BCUT2D eigenvalue weighted by molar-refractivity contribution is 0.528. The molecule has 5 nitrogen and oxygen atoms in total. The van der Waals surface area contributed by atoms with E-state index in [2.05, 4.69) is 48.7 Å². The van der Waals surface area contributed by atoms with Crippen molar-refractivity contribution in [3.05, 3.63) is 34.9 Å². The molecule has 112 valence electrons. The van der Waals surface area contributed by atoms with Gasteiger partial charge in [0.2, 0.25) is 0 Å². The van der Waals surface area contributed by atoms with Gasteiger partial charge in [0.25, 0.3) is 0 Å². The molecule has 2 aromatic rings. The Balaban J connectivity index is 0.00000200. The first-order chi connectivity index (χ1) is 8.97. The SMILES string of the molecule is Cc1nn(C)cc1CNCc1cn(C(C)C)nc1C.Cl. The van der Waals surface area contributed by atoms with Crippen molar-refractivity contribution in [3.8, 4) is 0 Å². The number of nitrogens with zero attached hydrogens (tertiary/aromatic N) is 4. The summed E-state index contributed by atoms with van der Waals surface area (Å²) >= 11 is 0. The quantitative estimate of drug-likeness (QED) is 0.922. The van der Waals surface area contributed by atoms with Crippen molar-refractivity contribution < 1.29 is 0 Å². The lowest BCUT2D eigenvalue weighted by Gasteiger charge is -2.04. The maximum absolute atomic E-state index is 4.52. The molecule has 0 fully saturated rings. The maximum atomic E-state index is 4.52. The van der Waals surface area contributed by atoms with E-state index >= 15 is 0 Å². The molecule has 20 heavy (non-hydrogen) atoms. The monoisotopic (exact) mass is 297 g/mol. The molecule has 0 atom stereocenters. The van der Waals surface area contributed by atoms with Gasteiger partial charge in [-0.15, -0.1) is 12.4 Å². The van der Waals surface area contributed by atoms with Crippen LogP contribution in [0.1, 0.15) is 42.4 Å². The van der Waals surface area contributed by atoms with Crippen LogP contribution in [0.4, 0.5) is 0 Å². The van der Waals surface area contributed by atoms with Crippen LogP contribution in [-0.4, -0.2) is 19.6 Å². The van der Waals surface area contributed by atoms with Crippen LogP contribution in [0.25, 0.3) is 0 Å². The Labute approximate surface area is 126 Å². The summed E-state index contributed by atoms with van der Waals surface area (Å²) in [6.07, 6.45) is 4.19. The second-order valence-electron chi connectivity index (χ2n) is 5.33. The van der Waals surface area contributed by atoms with Gasteiger partial charge in [-0.05, 0) is 27.7 Å². The van der Waals surface area contributed by atoms with Crippen molar-refractivity contribution in [2.24, 2.45) is 7.05 Å². The lowest BCUT2D eigenvalue weighted by atomic mass is 10.2. The molecule has 2 rings (SSSR count). The van der Waals surface area contributed by atoms with Crippen LogP contribution in [0.3, 0.4) is 0 Å². The molecule has 2 heterocycles. The average Bonchev–Trinajstić information content (AvgIpc) is 2.83. The van der Waals surface area contributed by atoms with E-state index in [9.17, 15) is 0 Å². The molecule has 0 saturated heterocycles. The number of aryl methyl sites for hydroxylation is 3. The van der Waals surface area contributed by atoms with Gasteiger partial charge in [0.1, 0.15) is 0 Å². The summed E-state index contributed by atoms with van der Waals surface area (Å²) in [6.45, 7) is 10.1. The number of halogens is 1. The van der Waals surface area contributed by atoms with Gasteiger partial charge in [0, 0.05) is 49.7 Å². The molecule has 0 radical (unpaired) electrons. The van der Waals surface area contributed by atoms with E-state index in [1.165, 1.54) is 11.1 Å². The van der Waals surface area contributed by atoms with Crippen molar-refractivity contribution in [2.75, 3.05) is 0 Å². The number of hydrogen-bond donors (Lipinski definition) is 1. The fourth-order valence-electron chi connectivity index (χ4n) is 2.11. The fraction of sp³-hybridized carbons (Fsp3) is 0.571.